The predicted octanol–water partition coefficient (Wildman–Crippen LogP) is 4.35. The van der Waals surface area contributed by atoms with E-state index in [4.69, 9.17) is 13.7 Å². The summed E-state index contributed by atoms with van der Waals surface area (Å²) in [6.07, 6.45) is 1.97. The average molecular weight is 488 g/mol. The first-order chi connectivity index (χ1) is 15.9. The van der Waals surface area contributed by atoms with Gasteiger partial charge in [-0.2, -0.15) is 8.42 Å². The van der Waals surface area contributed by atoms with Crippen molar-refractivity contribution < 1.29 is 26.9 Å². The molecule has 0 unspecified atom stereocenters. The van der Waals surface area contributed by atoms with Crippen LogP contribution in [-0.4, -0.2) is 45.6 Å². The van der Waals surface area contributed by atoms with E-state index in [0.717, 1.165) is 25.0 Å². The molecule has 0 bridgehead atoms. The molecule has 0 saturated carbocycles. The van der Waals surface area contributed by atoms with Crippen molar-refractivity contribution in [2.45, 2.75) is 30.4 Å². The van der Waals surface area contributed by atoms with Crippen molar-refractivity contribution in [2.75, 3.05) is 20.3 Å². The number of carbonyl (C=O) groups excluding carboxylic acids is 1. The molecule has 0 aliphatic carbocycles. The van der Waals surface area contributed by atoms with Crippen LogP contribution in [0.1, 0.15) is 28.1 Å². The fraction of sp³-hybridized carbons (Fsp3) is 0.292. The molecule has 1 atom stereocenters. The van der Waals surface area contributed by atoms with Gasteiger partial charge in [-0.05, 0) is 66.2 Å². The van der Waals surface area contributed by atoms with E-state index in [-0.39, 0.29) is 22.7 Å². The molecular formula is C24H25NO6S2. The molecule has 1 aliphatic heterocycles. The number of rotatable bonds is 9. The predicted molar refractivity (Wildman–Crippen MR) is 125 cm³/mol. The Labute approximate surface area is 197 Å². The van der Waals surface area contributed by atoms with Crippen LogP contribution in [0.2, 0.25) is 0 Å². The van der Waals surface area contributed by atoms with E-state index >= 15 is 0 Å². The number of amides is 1. The topological polar surface area (TPSA) is 82.1 Å². The number of benzene rings is 2. The van der Waals surface area contributed by atoms with Crippen LogP contribution in [-0.2, 0) is 21.4 Å². The largest absolute Gasteiger partial charge is 0.497 e. The summed E-state index contributed by atoms with van der Waals surface area (Å²) in [6, 6.07) is 16.4. The summed E-state index contributed by atoms with van der Waals surface area (Å²) in [7, 11) is -2.46. The van der Waals surface area contributed by atoms with Crippen molar-refractivity contribution in [1.82, 2.24) is 4.90 Å². The number of thiophene rings is 1. The van der Waals surface area contributed by atoms with Gasteiger partial charge in [0.05, 0.1) is 18.1 Å². The monoisotopic (exact) mass is 487 g/mol. The van der Waals surface area contributed by atoms with Gasteiger partial charge in [0.2, 0.25) is 0 Å². The van der Waals surface area contributed by atoms with E-state index in [1.807, 2.05) is 17.5 Å². The SMILES string of the molecule is COc1ccc(S(=O)(=O)Oc2ccc(CN(C[C@H]3CCCO3)C(=O)c3cccs3)cc2)cc1. The van der Waals surface area contributed by atoms with Gasteiger partial charge in [0.15, 0.2) is 0 Å². The van der Waals surface area contributed by atoms with Crippen molar-refractivity contribution in [3.05, 3.63) is 76.5 Å². The molecule has 3 aromatic rings. The van der Waals surface area contributed by atoms with Gasteiger partial charge in [-0.25, -0.2) is 0 Å². The lowest BCUT2D eigenvalue weighted by Gasteiger charge is -2.25. The zero-order chi connectivity index (χ0) is 23.3. The van der Waals surface area contributed by atoms with Gasteiger partial charge in [-0.1, -0.05) is 18.2 Å². The van der Waals surface area contributed by atoms with E-state index in [1.165, 1.54) is 30.6 Å². The molecule has 0 radical (unpaired) electrons. The highest BCUT2D eigenvalue weighted by Crippen LogP contribution is 2.23. The maximum absolute atomic E-state index is 13.0. The summed E-state index contributed by atoms with van der Waals surface area (Å²) in [4.78, 5) is 15.5. The van der Waals surface area contributed by atoms with Crippen LogP contribution in [0.5, 0.6) is 11.5 Å². The van der Waals surface area contributed by atoms with Crippen molar-refractivity contribution in [2.24, 2.45) is 0 Å². The first-order valence-corrected chi connectivity index (χ1v) is 12.9. The van der Waals surface area contributed by atoms with Crippen molar-refractivity contribution in [1.29, 1.82) is 0 Å². The number of nitrogens with zero attached hydrogens (tertiary/aromatic N) is 1. The minimum atomic E-state index is -3.97. The number of carbonyl (C=O) groups is 1. The van der Waals surface area contributed by atoms with Gasteiger partial charge in [-0.15, -0.1) is 11.3 Å². The Hall–Kier alpha value is -2.88. The van der Waals surface area contributed by atoms with Crippen LogP contribution in [0.4, 0.5) is 0 Å². The van der Waals surface area contributed by atoms with Crippen LogP contribution >= 0.6 is 11.3 Å². The third kappa shape index (κ3) is 5.93. The molecule has 1 aliphatic rings. The van der Waals surface area contributed by atoms with Gasteiger partial charge < -0.3 is 18.6 Å². The number of hydrogen-bond acceptors (Lipinski definition) is 7. The first-order valence-electron chi connectivity index (χ1n) is 10.6. The quantitative estimate of drug-likeness (QED) is 0.418. The Kier molecular flexibility index (Phi) is 7.32. The summed E-state index contributed by atoms with van der Waals surface area (Å²) in [5, 5.41) is 1.88. The van der Waals surface area contributed by atoms with E-state index in [0.29, 0.717) is 23.7 Å². The second kappa shape index (κ2) is 10.4. The standard InChI is InChI=1S/C24H25NO6S2/c1-29-19-10-12-22(13-11-19)33(27,28)31-20-8-6-18(7-9-20)16-25(17-21-4-2-14-30-21)24(26)23-5-3-15-32-23/h3,5-13,15,21H,2,4,14,16-17H2,1H3/t21-/m1/s1. The minimum Gasteiger partial charge on any atom is -0.497 e. The van der Waals surface area contributed by atoms with Gasteiger partial charge in [0.1, 0.15) is 16.4 Å². The van der Waals surface area contributed by atoms with Crippen LogP contribution in [0, 0.1) is 0 Å². The molecule has 1 aromatic heterocycles. The van der Waals surface area contributed by atoms with E-state index in [9.17, 15) is 13.2 Å². The summed E-state index contributed by atoms with van der Waals surface area (Å²) in [6.45, 7) is 1.63. The number of methoxy groups -OCH3 is 1. The molecule has 0 spiro atoms. The molecule has 2 heterocycles. The van der Waals surface area contributed by atoms with Gasteiger partial charge in [0.25, 0.3) is 5.91 Å². The van der Waals surface area contributed by atoms with E-state index < -0.39 is 10.1 Å². The molecule has 0 N–H and O–H groups in total. The Morgan fingerprint density at radius 2 is 1.82 bits per heavy atom. The molecule has 1 saturated heterocycles. The molecule has 33 heavy (non-hydrogen) atoms. The lowest BCUT2D eigenvalue weighted by Crippen LogP contribution is -2.36. The third-order valence-electron chi connectivity index (χ3n) is 5.32. The third-order valence-corrected chi connectivity index (χ3v) is 7.44. The fourth-order valence-corrected chi connectivity index (χ4v) is 5.22. The Morgan fingerprint density at radius 3 is 2.42 bits per heavy atom. The number of hydrogen-bond donors (Lipinski definition) is 0. The smallest absolute Gasteiger partial charge is 0.339 e. The Morgan fingerprint density at radius 1 is 1.09 bits per heavy atom. The molecule has 4 rings (SSSR count). The minimum absolute atomic E-state index is 0.0335. The summed E-state index contributed by atoms with van der Waals surface area (Å²) in [5.41, 5.74) is 0.868. The Bertz CT molecular complexity index is 1150. The summed E-state index contributed by atoms with van der Waals surface area (Å²) < 4.78 is 41.2. The maximum atomic E-state index is 13.0. The second-order valence-corrected chi connectivity index (χ2v) is 10.1. The molecule has 9 heteroatoms. The molecule has 174 valence electrons. The van der Waals surface area contributed by atoms with Gasteiger partial charge in [-0.3, -0.25) is 4.79 Å². The van der Waals surface area contributed by atoms with Crippen LogP contribution in [0.3, 0.4) is 0 Å². The average Bonchev–Trinajstić information content (AvgIpc) is 3.54. The van der Waals surface area contributed by atoms with E-state index in [2.05, 4.69) is 0 Å². The lowest BCUT2D eigenvalue weighted by atomic mass is 10.1. The molecule has 2 aromatic carbocycles. The Balaban J connectivity index is 1.45. The highest BCUT2D eigenvalue weighted by atomic mass is 32.2. The molecule has 1 amide bonds. The van der Waals surface area contributed by atoms with Crippen LogP contribution < -0.4 is 8.92 Å². The summed E-state index contributed by atoms with van der Waals surface area (Å²) >= 11 is 1.41. The van der Waals surface area contributed by atoms with Gasteiger partial charge in [0, 0.05) is 19.7 Å². The van der Waals surface area contributed by atoms with Crippen molar-refractivity contribution in [3.63, 3.8) is 0 Å². The molecule has 7 nitrogen and oxygen atoms in total. The highest BCUT2D eigenvalue weighted by molar-refractivity contribution is 7.87. The molecular weight excluding hydrogens is 462 g/mol. The maximum Gasteiger partial charge on any atom is 0.339 e. The summed E-state index contributed by atoms with van der Waals surface area (Å²) in [5.74, 6) is 0.718. The van der Waals surface area contributed by atoms with E-state index in [1.54, 1.807) is 41.3 Å². The zero-order valence-electron chi connectivity index (χ0n) is 18.2. The normalized spacial score (nSPS) is 15.8. The first kappa shape index (κ1) is 23.3. The molecule has 1 fully saturated rings. The van der Waals surface area contributed by atoms with Crippen molar-refractivity contribution >= 4 is 27.4 Å². The van der Waals surface area contributed by atoms with Crippen LogP contribution in [0.15, 0.2) is 70.9 Å². The fourth-order valence-electron chi connectivity index (χ4n) is 3.60. The number of ether oxygens (including phenoxy) is 2. The van der Waals surface area contributed by atoms with Crippen LogP contribution in [0.25, 0.3) is 0 Å². The van der Waals surface area contributed by atoms with Gasteiger partial charge >= 0.3 is 10.1 Å². The van der Waals surface area contributed by atoms with Crippen molar-refractivity contribution in [3.8, 4) is 11.5 Å². The second-order valence-electron chi connectivity index (χ2n) is 7.65. The lowest BCUT2D eigenvalue weighted by molar-refractivity contribution is 0.0511. The zero-order valence-corrected chi connectivity index (χ0v) is 19.8. The highest BCUT2D eigenvalue weighted by Gasteiger charge is 2.24.